The summed E-state index contributed by atoms with van der Waals surface area (Å²) in [6.07, 6.45) is 0. The van der Waals surface area contributed by atoms with Gasteiger partial charge >= 0.3 is 0 Å². The van der Waals surface area contributed by atoms with Crippen molar-refractivity contribution in [3.8, 4) is 17.1 Å². The fourth-order valence-corrected chi connectivity index (χ4v) is 2.71. The third kappa shape index (κ3) is 3.26. The van der Waals surface area contributed by atoms with Gasteiger partial charge in [-0.15, -0.1) is 10.2 Å². The van der Waals surface area contributed by atoms with Crippen LogP contribution in [0, 0.1) is 5.82 Å². The van der Waals surface area contributed by atoms with Crippen LogP contribution in [0.4, 0.5) is 10.1 Å². The van der Waals surface area contributed by atoms with Crippen molar-refractivity contribution in [1.82, 2.24) is 20.2 Å². The number of nitrogens with zero attached hydrogens (tertiary/aromatic N) is 4. The van der Waals surface area contributed by atoms with Crippen LogP contribution >= 0.6 is 0 Å². The average molecular weight is 367 g/mol. The van der Waals surface area contributed by atoms with Gasteiger partial charge in [0.2, 0.25) is 5.82 Å². The Bertz CT molecular complexity index is 1050. The van der Waals surface area contributed by atoms with Gasteiger partial charge in [-0.25, -0.2) is 4.39 Å². The lowest BCUT2D eigenvalue weighted by atomic mass is 10.0. The zero-order valence-corrected chi connectivity index (χ0v) is 14.2. The minimum atomic E-state index is -0.738. The van der Waals surface area contributed by atoms with Crippen LogP contribution in [0.25, 0.3) is 11.4 Å². The Kier molecular flexibility index (Phi) is 4.11. The molecular formula is C18H14FN5O3. The molecule has 0 radical (unpaired) electrons. The predicted octanol–water partition coefficient (Wildman–Crippen LogP) is 2.25. The molecule has 1 N–H and O–H groups in total. The minimum Gasteiger partial charge on any atom is -0.482 e. The molecule has 2 aromatic carbocycles. The summed E-state index contributed by atoms with van der Waals surface area (Å²) in [5.74, 6) is -0.226. The summed E-state index contributed by atoms with van der Waals surface area (Å²) >= 11 is 0. The number of benzene rings is 2. The Morgan fingerprint density at radius 3 is 2.96 bits per heavy atom. The molecular weight excluding hydrogens is 353 g/mol. The summed E-state index contributed by atoms with van der Waals surface area (Å²) in [5, 5.41) is 14.6. The highest BCUT2D eigenvalue weighted by molar-refractivity contribution is 6.02. The quantitative estimate of drug-likeness (QED) is 0.710. The molecule has 0 unspecified atom stereocenters. The number of hydrogen-bond donors (Lipinski definition) is 1. The number of halogens is 1. The first-order valence-electron chi connectivity index (χ1n) is 8.17. The van der Waals surface area contributed by atoms with Crippen LogP contribution in [0.5, 0.6) is 5.75 Å². The standard InChI is InChI=1S/C18H14FN5O3/c1-10(24-22-18(21-23-24)12-3-2-4-13(19)7-12)17(26)11-5-6-15-14(8-11)20-16(25)9-27-15/h2-8,10H,9H2,1H3,(H,20,25)/t10-/m0/s1. The van der Waals surface area contributed by atoms with Gasteiger partial charge in [-0.3, -0.25) is 9.59 Å². The summed E-state index contributed by atoms with van der Waals surface area (Å²) in [7, 11) is 0. The van der Waals surface area contributed by atoms with Crippen molar-refractivity contribution in [2.75, 3.05) is 11.9 Å². The topological polar surface area (TPSA) is 99.0 Å². The normalized spacial score (nSPS) is 14.1. The highest BCUT2D eigenvalue weighted by Gasteiger charge is 2.23. The molecule has 0 spiro atoms. The molecule has 2 heterocycles. The SMILES string of the molecule is C[C@@H](C(=O)c1ccc2c(c1)NC(=O)CO2)n1nnc(-c2cccc(F)c2)n1. The molecule has 1 aromatic heterocycles. The summed E-state index contributed by atoms with van der Waals surface area (Å²) < 4.78 is 18.6. The molecule has 0 bridgehead atoms. The Morgan fingerprint density at radius 2 is 2.15 bits per heavy atom. The van der Waals surface area contributed by atoms with E-state index in [0.29, 0.717) is 22.6 Å². The van der Waals surface area contributed by atoms with Crippen LogP contribution in [-0.2, 0) is 4.79 Å². The van der Waals surface area contributed by atoms with Crippen LogP contribution in [0.3, 0.4) is 0 Å². The smallest absolute Gasteiger partial charge is 0.262 e. The number of carbonyl (C=O) groups excluding carboxylic acids is 2. The number of amides is 1. The Balaban J connectivity index is 1.58. The lowest BCUT2D eigenvalue weighted by Gasteiger charge is -2.18. The van der Waals surface area contributed by atoms with Crippen molar-refractivity contribution in [2.45, 2.75) is 13.0 Å². The monoisotopic (exact) mass is 367 g/mol. The molecule has 1 aliphatic rings. The van der Waals surface area contributed by atoms with E-state index < -0.39 is 11.9 Å². The highest BCUT2D eigenvalue weighted by Crippen LogP contribution is 2.29. The first-order chi connectivity index (χ1) is 13.0. The van der Waals surface area contributed by atoms with E-state index in [1.54, 1.807) is 37.3 Å². The number of nitrogens with one attached hydrogen (secondary N) is 1. The first-order valence-corrected chi connectivity index (χ1v) is 8.17. The summed E-state index contributed by atoms with van der Waals surface area (Å²) in [5.41, 5.74) is 1.28. The molecule has 0 fully saturated rings. The predicted molar refractivity (Wildman–Crippen MR) is 92.8 cm³/mol. The van der Waals surface area contributed by atoms with Gasteiger partial charge in [0.05, 0.1) is 5.69 Å². The molecule has 0 saturated carbocycles. The zero-order valence-electron chi connectivity index (χ0n) is 14.2. The average Bonchev–Trinajstić information content (AvgIpc) is 3.16. The number of Topliss-reactive ketones (excluding diaryl/α,β-unsaturated/α-hetero) is 1. The molecule has 1 aliphatic heterocycles. The molecule has 4 rings (SSSR count). The molecule has 0 saturated heterocycles. The van der Waals surface area contributed by atoms with Gasteiger partial charge in [-0.1, -0.05) is 12.1 Å². The lowest BCUT2D eigenvalue weighted by molar-refractivity contribution is -0.118. The Hall–Kier alpha value is -3.62. The van der Waals surface area contributed by atoms with Gasteiger partial charge < -0.3 is 10.1 Å². The number of anilines is 1. The van der Waals surface area contributed by atoms with E-state index in [4.69, 9.17) is 4.74 Å². The van der Waals surface area contributed by atoms with E-state index in [2.05, 4.69) is 20.7 Å². The molecule has 136 valence electrons. The second kappa shape index (κ2) is 6.60. The van der Waals surface area contributed by atoms with Crippen molar-refractivity contribution in [1.29, 1.82) is 0 Å². The molecule has 27 heavy (non-hydrogen) atoms. The van der Waals surface area contributed by atoms with E-state index >= 15 is 0 Å². The zero-order chi connectivity index (χ0) is 19.0. The summed E-state index contributed by atoms with van der Waals surface area (Å²) in [4.78, 5) is 25.4. The Labute approximate surface area is 152 Å². The lowest BCUT2D eigenvalue weighted by Crippen LogP contribution is -2.26. The number of aromatic nitrogens is 4. The molecule has 8 nitrogen and oxygen atoms in total. The van der Waals surface area contributed by atoms with Crippen LogP contribution < -0.4 is 10.1 Å². The number of rotatable bonds is 4. The fourth-order valence-electron chi connectivity index (χ4n) is 2.71. The number of tetrazole rings is 1. The number of carbonyl (C=O) groups is 2. The highest BCUT2D eigenvalue weighted by atomic mass is 19.1. The number of ketones is 1. The van der Waals surface area contributed by atoms with Crippen LogP contribution in [0.1, 0.15) is 23.3 Å². The first kappa shape index (κ1) is 16.8. The second-order valence-electron chi connectivity index (χ2n) is 6.03. The number of fused-ring (bicyclic) bond motifs is 1. The molecule has 1 atom stereocenters. The minimum absolute atomic E-state index is 0.0531. The number of hydrogen-bond acceptors (Lipinski definition) is 6. The van der Waals surface area contributed by atoms with Crippen LogP contribution in [-0.4, -0.2) is 38.5 Å². The van der Waals surface area contributed by atoms with Crippen molar-refractivity contribution in [3.63, 3.8) is 0 Å². The fraction of sp³-hybridized carbons (Fsp3) is 0.167. The van der Waals surface area contributed by atoms with E-state index in [1.165, 1.54) is 16.9 Å². The summed E-state index contributed by atoms with van der Waals surface area (Å²) in [6, 6.07) is 9.86. The van der Waals surface area contributed by atoms with Gasteiger partial charge in [-0.2, -0.15) is 4.80 Å². The van der Waals surface area contributed by atoms with Crippen molar-refractivity contribution in [2.24, 2.45) is 0 Å². The van der Waals surface area contributed by atoms with Gasteiger partial charge in [0.1, 0.15) is 17.6 Å². The van der Waals surface area contributed by atoms with Crippen molar-refractivity contribution >= 4 is 17.4 Å². The van der Waals surface area contributed by atoms with Gasteiger partial charge in [0, 0.05) is 11.1 Å². The van der Waals surface area contributed by atoms with E-state index in [0.717, 1.165) is 0 Å². The second-order valence-corrected chi connectivity index (χ2v) is 6.03. The van der Waals surface area contributed by atoms with Crippen LogP contribution in [0.15, 0.2) is 42.5 Å². The maximum absolute atomic E-state index is 13.4. The van der Waals surface area contributed by atoms with Crippen molar-refractivity contribution < 1.29 is 18.7 Å². The molecule has 0 aliphatic carbocycles. The largest absolute Gasteiger partial charge is 0.482 e. The molecule has 9 heteroatoms. The van der Waals surface area contributed by atoms with E-state index in [-0.39, 0.29) is 24.1 Å². The molecule has 3 aromatic rings. The third-order valence-electron chi connectivity index (χ3n) is 4.13. The van der Waals surface area contributed by atoms with E-state index in [9.17, 15) is 14.0 Å². The van der Waals surface area contributed by atoms with Gasteiger partial charge in [0.15, 0.2) is 12.4 Å². The molecule has 1 amide bonds. The third-order valence-corrected chi connectivity index (χ3v) is 4.13. The van der Waals surface area contributed by atoms with Crippen molar-refractivity contribution in [3.05, 3.63) is 53.8 Å². The maximum atomic E-state index is 13.4. The van der Waals surface area contributed by atoms with Crippen LogP contribution in [0.2, 0.25) is 0 Å². The van der Waals surface area contributed by atoms with Gasteiger partial charge in [-0.05, 0) is 42.5 Å². The van der Waals surface area contributed by atoms with E-state index in [1.807, 2.05) is 0 Å². The van der Waals surface area contributed by atoms with Gasteiger partial charge in [0.25, 0.3) is 5.91 Å². The summed E-state index contributed by atoms with van der Waals surface area (Å²) in [6.45, 7) is 1.58. The Morgan fingerprint density at radius 1 is 1.30 bits per heavy atom. The number of ether oxygens (including phenoxy) is 1. The maximum Gasteiger partial charge on any atom is 0.262 e.